The molecule has 0 bridgehead atoms. The zero-order valence-corrected chi connectivity index (χ0v) is 19.9. The topological polar surface area (TPSA) is 105 Å². The van der Waals surface area contributed by atoms with Crippen molar-refractivity contribution < 1.29 is 24.2 Å². The number of carbonyl (C=O) groups is 3. The zero-order valence-electron chi connectivity index (χ0n) is 19.1. The first kappa shape index (κ1) is 26.3. The average molecular weight is 473 g/mol. The summed E-state index contributed by atoms with van der Waals surface area (Å²) in [6.45, 7) is 2.70. The van der Waals surface area contributed by atoms with E-state index in [0.29, 0.717) is 30.1 Å². The number of unbranched alkanes of at least 4 members (excludes halogenated alkanes) is 1. The van der Waals surface area contributed by atoms with Gasteiger partial charge in [-0.05, 0) is 54.7 Å². The normalized spacial score (nSPS) is 12.4. The summed E-state index contributed by atoms with van der Waals surface area (Å²) in [4.78, 5) is 37.4. The minimum atomic E-state index is -1.10. The fourth-order valence-corrected chi connectivity index (χ4v) is 3.57. The molecule has 2 atom stereocenters. The van der Waals surface area contributed by atoms with E-state index in [-0.39, 0.29) is 6.42 Å². The van der Waals surface area contributed by atoms with Crippen LogP contribution in [0.5, 0.6) is 5.75 Å². The van der Waals surface area contributed by atoms with E-state index in [9.17, 15) is 19.5 Å². The zero-order chi connectivity index (χ0) is 24.1. The second-order valence-corrected chi connectivity index (χ2v) is 8.61. The predicted octanol–water partition coefficient (Wildman–Crippen LogP) is 3.53. The van der Waals surface area contributed by atoms with Crippen LogP contribution >= 0.6 is 11.8 Å². The van der Waals surface area contributed by atoms with Crippen molar-refractivity contribution in [3.8, 4) is 5.75 Å². The Morgan fingerprint density at radius 3 is 2.30 bits per heavy atom. The smallest absolute Gasteiger partial charge is 0.326 e. The summed E-state index contributed by atoms with van der Waals surface area (Å²) in [5, 5.41) is 14.8. The SMILES string of the molecule is CCCCOc1ccc(C(=O)N[C@@H](Cc2ccccc2)C(=O)N[C@@H](CCSC)C(=O)O)cc1. The first-order valence-corrected chi connectivity index (χ1v) is 12.4. The van der Waals surface area contributed by atoms with Crippen molar-refractivity contribution in [2.75, 3.05) is 18.6 Å². The molecule has 2 aromatic carbocycles. The summed E-state index contributed by atoms with van der Waals surface area (Å²) in [5.74, 6) is -0.764. The molecule has 2 amide bonds. The van der Waals surface area contributed by atoms with Crippen molar-refractivity contribution in [2.24, 2.45) is 0 Å². The van der Waals surface area contributed by atoms with Crippen molar-refractivity contribution >= 4 is 29.5 Å². The van der Waals surface area contributed by atoms with Gasteiger partial charge < -0.3 is 20.5 Å². The molecule has 0 heterocycles. The molecule has 0 saturated carbocycles. The van der Waals surface area contributed by atoms with Gasteiger partial charge >= 0.3 is 5.97 Å². The minimum absolute atomic E-state index is 0.242. The number of aliphatic carboxylic acids is 1. The van der Waals surface area contributed by atoms with E-state index < -0.39 is 29.9 Å². The number of amides is 2. The van der Waals surface area contributed by atoms with Gasteiger partial charge in [0.15, 0.2) is 0 Å². The molecule has 3 N–H and O–H groups in total. The highest BCUT2D eigenvalue weighted by Crippen LogP contribution is 2.14. The number of carboxylic acids is 1. The van der Waals surface area contributed by atoms with Crippen molar-refractivity contribution in [3.05, 3.63) is 65.7 Å². The third-order valence-electron chi connectivity index (χ3n) is 5.01. The van der Waals surface area contributed by atoms with Crippen LogP contribution in [-0.2, 0) is 16.0 Å². The summed E-state index contributed by atoms with van der Waals surface area (Å²) in [6, 6.07) is 14.1. The number of hydrogen-bond donors (Lipinski definition) is 3. The molecule has 178 valence electrons. The van der Waals surface area contributed by atoms with Crippen molar-refractivity contribution in [1.82, 2.24) is 10.6 Å². The Kier molecular flexibility index (Phi) is 11.3. The Morgan fingerprint density at radius 1 is 1.00 bits per heavy atom. The molecule has 0 aliphatic carbocycles. The lowest BCUT2D eigenvalue weighted by atomic mass is 10.0. The maximum absolute atomic E-state index is 13.0. The second-order valence-electron chi connectivity index (χ2n) is 7.62. The van der Waals surface area contributed by atoms with Gasteiger partial charge in [-0.1, -0.05) is 43.7 Å². The highest BCUT2D eigenvalue weighted by atomic mass is 32.2. The Bertz CT molecular complexity index is 889. The number of carbonyl (C=O) groups excluding carboxylic acids is 2. The first-order chi connectivity index (χ1) is 15.9. The number of benzene rings is 2. The number of thioether (sulfide) groups is 1. The third kappa shape index (κ3) is 9.18. The molecule has 0 unspecified atom stereocenters. The van der Waals surface area contributed by atoms with E-state index >= 15 is 0 Å². The standard InChI is InChI=1S/C25H32N2O5S/c1-3-4-15-32-20-12-10-19(11-13-20)23(28)27-22(17-18-8-6-5-7-9-18)24(29)26-21(25(30)31)14-16-33-2/h5-13,21-22H,3-4,14-17H2,1-2H3,(H,26,29)(H,27,28)(H,30,31)/t21-,22-/m0/s1. The highest BCUT2D eigenvalue weighted by Gasteiger charge is 2.27. The Labute approximate surface area is 199 Å². The Balaban J connectivity index is 2.11. The number of ether oxygens (including phenoxy) is 1. The molecule has 2 aromatic rings. The van der Waals surface area contributed by atoms with Crippen LogP contribution in [0.4, 0.5) is 0 Å². The number of hydrogen-bond acceptors (Lipinski definition) is 5. The Morgan fingerprint density at radius 2 is 1.70 bits per heavy atom. The molecule has 7 nitrogen and oxygen atoms in total. The highest BCUT2D eigenvalue weighted by molar-refractivity contribution is 7.98. The largest absolute Gasteiger partial charge is 0.494 e. The maximum Gasteiger partial charge on any atom is 0.326 e. The van der Waals surface area contributed by atoms with Crippen molar-refractivity contribution in [1.29, 1.82) is 0 Å². The lowest BCUT2D eigenvalue weighted by molar-refractivity contribution is -0.142. The minimum Gasteiger partial charge on any atom is -0.494 e. The molecule has 0 aromatic heterocycles. The van der Waals surface area contributed by atoms with Gasteiger partial charge in [-0.2, -0.15) is 11.8 Å². The molecule has 0 aliphatic heterocycles. The van der Waals surface area contributed by atoms with Crippen LogP contribution in [0.3, 0.4) is 0 Å². The fraction of sp³-hybridized carbons (Fsp3) is 0.400. The number of nitrogens with one attached hydrogen (secondary N) is 2. The van der Waals surface area contributed by atoms with Gasteiger partial charge in [0.05, 0.1) is 6.61 Å². The van der Waals surface area contributed by atoms with Crippen molar-refractivity contribution in [3.63, 3.8) is 0 Å². The van der Waals surface area contributed by atoms with E-state index in [1.54, 1.807) is 24.3 Å². The van der Waals surface area contributed by atoms with Gasteiger partial charge in [0.1, 0.15) is 17.8 Å². The molecular formula is C25H32N2O5S. The van der Waals surface area contributed by atoms with Crippen LogP contribution in [0.25, 0.3) is 0 Å². The first-order valence-electron chi connectivity index (χ1n) is 11.0. The number of carboxylic acid groups (broad SMARTS) is 1. The molecule has 8 heteroatoms. The molecular weight excluding hydrogens is 440 g/mol. The van der Waals surface area contributed by atoms with Gasteiger partial charge in [-0.15, -0.1) is 0 Å². The van der Waals surface area contributed by atoms with Crippen LogP contribution in [0, 0.1) is 0 Å². The van der Waals surface area contributed by atoms with Gasteiger partial charge in [0.2, 0.25) is 5.91 Å². The third-order valence-corrected chi connectivity index (χ3v) is 5.66. The average Bonchev–Trinajstić information content (AvgIpc) is 2.82. The van der Waals surface area contributed by atoms with Crippen LogP contribution in [0.1, 0.15) is 42.1 Å². The van der Waals surface area contributed by atoms with E-state index in [2.05, 4.69) is 17.6 Å². The van der Waals surface area contributed by atoms with E-state index in [1.165, 1.54) is 11.8 Å². The molecule has 0 radical (unpaired) electrons. The molecule has 0 spiro atoms. The van der Waals surface area contributed by atoms with Crippen LogP contribution in [-0.4, -0.2) is 53.6 Å². The van der Waals surface area contributed by atoms with E-state index in [4.69, 9.17) is 4.74 Å². The fourth-order valence-electron chi connectivity index (χ4n) is 3.10. The summed E-state index contributed by atoms with van der Waals surface area (Å²) in [5.41, 5.74) is 1.24. The summed E-state index contributed by atoms with van der Waals surface area (Å²) < 4.78 is 5.62. The molecule has 0 fully saturated rings. The monoisotopic (exact) mass is 472 g/mol. The van der Waals surface area contributed by atoms with Crippen LogP contribution in [0.15, 0.2) is 54.6 Å². The summed E-state index contributed by atoms with van der Waals surface area (Å²) >= 11 is 1.51. The predicted molar refractivity (Wildman–Crippen MR) is 131 cm³/mol. The van der Waals surface area contributed by atoms with Gasteiger partial charge in [0, 0.05) is 12.0 Å². The summed E-state index contributed by atoms with van der Waals surface area (Å²) in [6.07, 6.45) is 4.40. The van der Waals surface area contributed by atoms with Gasteiger partial charge in [-0.3, -0.25) is 9.59 Å². The molecule has 33 heavy (non-hydrogen) atoms. The lowest BCUT2D eigenvalue weighted by Crippen LogP contribution is -2.52. The molecule has 2 rings (SSSR count). The van der Waals surface area contributed by atoms with Gasteiger partial charge in [0.25, 0.3) is 5.91 Å². The van der Waals surface area contributed by atoms with Crippen molar-refractivity contribution in [2.45, 2.75) is 44.7 Å². The lowest BCUT2D eigenvalue weighted by Gasteiger charge is -2.22. The maximum atomic E-state index is 13.0. The second kappa shape index (κ2) is 14.2. The van der Waals surface area contributed by atoms with E-state index in [0.717, 1.165) is 18.4 Å². The van der Waals surface area contributed by atoms with Crippen LogP contribution in [0.2, 0.25) is 0 Å². The quantitative estimate of drug-likeness (QED) is 0.363. The van der Waals surface area contributed by atoms with E-state index in [1.807, 2.05) is 36.6 Å². The molecule has 0 aliphatic rings. The summed E-state index contributed by atoms with van der Waals surface area (Å²) in [7, 11) is 0. The molecule has 0 saturated heterocycles. The Hall–Kier alpha value is -3.00. The van der Waals surface area contributed by atoms with Crippen LogP contribution < -0.4 is 15.4 Å². The number of rotatable bonds is 14. The van der Waals surface area contributed by atoms with Gasteiger partial charge in [-0.25, -0.2) is 4.79 Å².